The quantitative estimate of drug-likeness (QED) is 0.162. The first kappa shape index (κ1) is 34.3. The summed E-state index contributed by atoms with van der Waals surface area (Å²) in [5.41, 5.74) is 13.6. The van der Waals surface area contributed by atoms with Crippen LogP contribution in [0.15, 0.2) is 194 Å². The van der Waals surface area contributed by atoms with Crippen LogP contribution < -0.4 is 4.90 Å². The zero-order valence-electron chi connectivity index (χ0n) is 32.2. The first-order valence-electron chi connectivity index (χ1n) is 20.4. The third-order valence-corrected chi connectivity index (χ3v) is 14.5. The van der Waals surface area contributed by atoms with Crippen LogP contribution in [0.4, 0.5) is 17.1 Å². The Morgan fingerprint density at radius 2 is 1.00 bits per heavy atom. The minimum atomic E-state index is 1.04. The van der Waals surface area contributed by atoms with Gasteiger partial charge in [0.25, 0.3) is 0 Å². The van der Waals surface area contributed by atoms with E-state index in [-0.39, 0.29) is 0 Å². The molecule has 59 heavy (non-hydrogen) atoms. The van der Waals surface area contributed by atoms with Crippen molar-refractivity contribution < 1.29 is 0 Å². The molecule has 0 spiro atoms. The van der Waals surface area contributed by atoms with Gasteiger partial charge in [-0.3, -0.25) is 0 Å². The smallest absolute Gasteiger partial charge is 0.0543 e. The van der Waals surface area contributed by atoms with E-state index in [1.165, 1.54) is 101 Å². The lowest BCUT2D eigenvalue weighted by Crippen LogP contribution is -2.13. The lowest BCUT2D eigenvalue weighted by molar-refractivity contribution is 0.995. The fourth-order valence-corrected chi connectivity index (χ4v) is 11.7. The second-order valence-electron chi connectivity index (χ2n) is 15.5. The third-order valence-electron chi connectivity index (χ3n) is 12.2. The second-order valence-corrected chi connectivity index (χ2v) is 17.7. The molecule has 0 saturated carbocycles. The van der Waals surface area contributed by atoms with Gasteiger partial charge in [0.05, 0.1) is 5.69 Å². The van der Waals surface area contributed by atoms with Gasteiger partial charge in [-0.05, 0) is 112 Å². The lowest BCUT2D eigenvalue weighted by Gasteiger charge is -2.30. The Morgan fingerprint density at radius 3 is 1.80 bits per heavy atom. The third kappa shape index (κ3) is 5.73. The van der Waals surface area contributed by atoms with Crippen LogP contribution in [0, 0.1) is 0 Å². The van der Waals surface area contributed by atoms with Crippen molar-refractivity contribution in [3.8, 4) is 33.4 Å². The molecule has 1 aliphatic rings. The van der Waals surface area contributed by atoms with Crippen molar-refractivity contribution in [3.63, 3.8) is 0 Å². The number of allylic oxidation sites excluding steroid dienone is 1. The van der Waals surface area contributed by atoms with E-state index in [0.29, 0.717) is 0 Å². The molecule has 1 nitrogen and oxygen atoms in total. The Kier molecular flexibility index (Phi) is 8.11. The monoisotopic (exact) mass is 787 g/mol. The zero-order chi connectivity index (χ0) is 38.9. The normalized spacial score (nSPS) is 12.5. The van der Waals surface area contributed by atoms with Gasteiger partial charge in [-0.1, -0.05) is 146 Å². The summed E-state index contributed by atoms with van der Waals surface area (Å²) in [6.07, 6.45) is 6.78. The van der Waals surface area contributed by atoms with Crippen molar-refractivity contribution in [2.24, 2.45) is 0 Å². The molecular formula is C56H37NS2. The van der Waals surface area contributed by atoms with E-state index in [2.05, 4.69) is 205 Å². The summed E-state index contributed by atoms with van der Waals surface area (Å²) in [5.74, 6) is 0. The van der Waals surface area contributed by atoms with Crippen molar-refractivity contribution in [3.05, 3.63) is 205 Å². The molecule has 1 aliphatic carbocycles. The highest BCUT2D eigenvalue weighted by Crippen LogP contribution is 2.46. The molecule has 2 aromatic heterocycles. The Morgan fingerprint density at radius 1 is 0.407 bits per heavy atom. The predicted octanol–water partition coefficient (Wildman–Crippen LogP) is 17.0. The Hall–Kier alpha value is -6.78. The van der Waals surface area contributed by atoms with Gasteiger partial charge in [-0.2, -0.15) is 0 Å². The molecule has 0 amide bonds. The largest absolute Gasteiger partial charge is 0.310 e. The van der Waals surface area contributed by atoms with Crippen molar-refractivity contribution >= 4 is 96.9 Å². The molecule has 3 heteroatoms. The van der Waals surface area contributed by atoms with Crippen molar-refractivity contribution in [1.82, 2.24) is 0 Å². The number of hydrogen-bond acceptors (Lipinski definition) is 3. The van der Waals surface area contributed by atoms with Crippen LogP contribution in [-0.2, 0) is 6.42 Å². The molecule has 0 saturated heterocycles. The van der Waals surface area contributed by atoms with E-state index in [1.807, 2.05) is 22.7 Å². The molecule has 11 aromatic rings. The number of nitrogens with zero attached hydrogens (tertiary/aromatic N) is 1. The highest BCUT2D eigenvalue weighted by Gasteiger charge is 2.22. The molecule has 12 rings (SSSR count). The molecule has 0 N–H and O–H groups in total. The summed E-state index contributed by atoms with van der Waals surface area (Å²) in [5, 5.41) is 7.92. The number of hydrogen-bond donors (Lipinski definition) is 0. The van der Waals surface area contributed by atoms with Crippen LogP contribution in [-0.4, -0.2) is 0 Å². The van der Waals surface area contributed by atoms with Crippen LogP contribution in [0.5, 0.6) is 0 Å². The number of benzene rings is 9. The average molecular weight is 788 g/mol. The highest BCUT2D eigenvalue weighted by molar-refractivity contribution is 7.26. The van der Waals surface area contributed by atoms with Gasteiger partial charge in [0.1, 0.15) is 0 Å². The van der Waals surface area contributed by atoms with Crippen molar-refractivity contribution in [2.75, 3.05) is 4.90 Å². The van der Waals surface area contributed by atoms with Gasteiger partial charge in [-0.25, -0.2) is 0 Å². The van der Waals surface area contributed by atoms with Crippen LogP contribution in [0.25, 0.3) is 90.6 Å². The summed E-state index contributed by atoms with van der Waals surface area (Å²) in [4.78, 5) is 2.47. The van der Waals surface area contributed by atoms with Crippen LogP contribution in [0.1, 0.15) is 17.5 Å². The Labute approximate surface area is 351 Å². The molecule has 278 valence electrons. The summed E-state index contributed by atoms with van der Waals surface area (Å²) < 4.78 is 5.33. The summed E-state index contributed by atoms with van der Waals surface area (Å²) in [6, 6.07) is 69.8. The second kappa shape index (κ2) is 14.0. The van der Waals surface area contributed by atoms with Crippen LogP contribution >= 0.6 is 22.7 Å². The molecule has 0 unspecified atom stereocenters. The minimum absolute atomic E-state index is 1.04. The first-order chi connectivity index (χ1) is 29.2. The maximum absolute atomic E-state index is 2.47. The van der Waals surface area contributed by atoms with Crippen LogP contribution in [0.3, 0.4) is 0 Å². The van der Waals surface area contributed by atoms with E-state index in [1.54, 1.807) is 0 Å². The van der Waals surface area contributed by atoms with E-state index >= 15 is 0 Å². The fraction of sp³-hybridized carbons (Fsp3) is 0.0357. The lowest BCUT2D eigenvalue weighted by atomic mass is 9.89. The van der Waals surface area contributed by atoms with Crippen molar-refractivity contribution in [1.29, 1.82) is 0 Å². The molecule has 2 heterocycles. The standard InChI is InChI=1S/C56H37NS2/c1-2-14-43-39(12-1)35-52(46-17-6-5-15-44(43)46)57(40-29-24-36(25-30-40)38-28-33-55-51(34-38)48-19-8-9-22-53(48)58-55)41-31-26-37(27-32-41)42-13-3-4-16-45(42)49-20-11-21-50-47-18-7-10-23-54(47)59-56(49)50/h1-4,6-14,16-35H,5,15H2. The van der Waals surface area contributed by atoms with Gasteiger partial charge < -0.3 is 4.90 Å². The maximum Gasteiger partial charge on any atom is 0.0543 e. The Balaban J connectivity index is 0.983. The molecule has 9 aromatic carbocycles. The van der Waals surface area contributed by atoms with Gasteiger partial charge in [-0.15, -0.1) is 22.7 Å². The summed E-state index contributed by atoms with van der Waals surface area (Å²) >= 11 is 3.76. The van der Waals surface area contributed by atoms with Gasteiger partial charge >= 0.3 is 0 Å². The van der Waals surface area contributed by atoms with Crippen LogP contribution in [0.2, 0.25) is 0 Å². The predicted molar refractivity (Wildman–Crippen MR) is 258 cm³/mol. The molecule has 0 radical (unpaired) electrons. The number of fused-ring (bicyclic) bond motifs is 9. The van der Waals surface area contributed by atoms with E-state index in [0.717, 1.165) is 24.2 Å². The summed E-state index contributed by atoms with van der Waals surface area (Å²) in [7, 11) is 0. The zero-order valence-corrected chi connectivity index (χ0v) is 33.9. The Bertz CT molecular complexity index is 3440. The topological polar surface area (TPSA) is 3.24 Å². The fourth-order valence-electron chi connectivity index (χ4n) is 9.35. The summed E-state index contributed by atoms with van der Waals surface area (Å²) in [6.45, 7) is 0. The van der Waals surface area contributed by atoms with Gasteiger partial charge in [0.15, 0.2) is 0 Å². The van der Waals surface area contributed by atoms with E-state index in [4.69, 9.17) is 0 Å². The number of anilines is 3. The number of thiophene rings is 2. The minimum Gasteiger partial charge on any atom is -0.310 e. The SMILES string of the molecule is C1=Cc2c(N(c3ccc(-c4ccc5sc6ccccc6c5c4)cc3)c3ccc(-c4ccccc4-c4cccc5c4sc4ccccc45)cc3)cc3ccccc3c2CC1. The first-order valence-corrected chi connectivity index (χ1v) is 22.0. The van der Waals surface area contributed by atoms with E-state index < -0.39 is 0 Å². The van der Waals surface area contributed by atoms with Gasteiger partial charge in [0.2, 0.25) is 0 Å². The van der Waals surface area contributed by atoms with Crippen molar-refractivity contribution in [2.45, 2.75) is 12.8 Å². The average Bonchev–Trinajstić information content (AvgIpc) is 3.88. The van der Waals surface area contributed by atoms with E-state index in [9.17, 15) is 0 Å². The maximum atomic E-state index is 2.47. The molecule has 0 atom stereocenters. The van der Waals surface area contributed by atoms with Gasteiger partial charge in [0, 0.05) is 62.8 Å². The number of aryl methyl sites for hydroxylation is 1. The molecule has 0 aliphatic heterocycles. The molecule has 0 bridgehead atoms. The number of rotatable bonds is 6. The molecule has 0 fully saturated rings. The molecular weight excluding hydrogens is 751 g/mol. The highest BCUT2D eigenvalue weighted by atomic mass is 32.1.